The Morgan fingerprint density at radius 2 is 2.15 bits per heavy atom. The van der Waals surface area contributed by atoms with Gasteiger partial charge in [-0.05, 0) is 0 Å². The van der Waals surface area contributed by atoms with Gasteiger partial charge in [0.2, 0.25) is 0 Å². The van der Waals surface area contributed by atoms with E-state index in [1.165, 1.54) is 12.1 Å². The first-order valence-electron chi connectivity index (χ1n) is 3.76. The Hall–Kier alpha value is -1.29. The van der Waals surface area contributed by atoms with Crippen molar-refractivity contribution in [3.8, 4) is 0 Å². The van der Waals surface area contributed by atoms with Crippen molar-refractivity contribution in [2.45, 2.75) is 6.54 Å². The van der Waals surface area contributed by atoms with Crippen LogP contribution in [0.2, 0.25) is 0 Å². The van der Waals surface area contributed by atoms with Crippen LogP contribution in [-0.2, 0) is 6.54 Å². The first kappa shape index (κ1) is 9.80. The molecule has 0 radical (unpaired) electrons. The third-order valence-corrected chi connectivity index (χ3v) is 1.88. The van der Waals surface area contributed by atoms with Gasteiger partial charge in [0.15, 0.2) is 5.43 Å². The van der Waals surface area contributed by atoms with Gasteiger partial charge in [-0.3, -0.25) is 9.59 Å². The Balaban J connectivity index is 0.000000845. The molecule has 0 aromatic carbocycles. The van der Waals surface area contributed by atoms with Crippen molar-refractivity contribution in [3.63, 3.8) is 0 Å². The van der Waals surface area contributed by atoms with E-state index in [-0.39, 0.29) is 23.7 Å². The minimum absolute atomic E-state index is 0. The molecule has 1 aromatic rings. The average Bonchev–Trinajstić information content (AvgIpc) is 2.07. The molecule has 0 fully saturated rings. The van der Waals surface area contributed by atoms with E-state index in [0.717, 1.165) is 6.54 Å². The lowest BCUT2D eigenvalue weighted by Crippen LogP contribution is -2.36. The SMILES string of the molecule is Cl.O=C1NCCn2ccc(=O)cc21. The van der Waals surface area contributed by atoms with Gasteiger partial charge in [-0.1, -0.05) is 0 Å². The number of halogens is 1. The first-order valence-corrected chi connectivity index (χ1v) is 3.76. The molecule has 0 unspecified atom stereocenters. The van der Waals surface area contributed by atoms with E-state index in [1.54, 1.807) is 10.8 Å². The van der Waals surface area contributed by atoms with Crippen LogP contribution in [0.3, 0.4) is 0 Å². The summed E-state index contributed by atoms with van der Waals surface area (Å²) >= 11 is 0. The van der Waals surface area contributed by atoms with Crippen LogP contribution >= 0.6 is 12.4 Å². The Bertz CT molecular complexity index is 386. The van der Waals surface area contributed by atoms with Crippen LogP contribution in [0, 0.1) is 0 Å². The zero-order valence-corrected chi connectivity index (χ0v) is 7.63. The summed E-state index contributed by atoms with van der Waals surface area (Å²) in [5.74, 6) is -0.168. The molecule has 70 valence electrons. The largest absolute Gasteiger partial charge is 0.349 e. The second-order valence-electron chi connectivity index (χ2n) is 2.70. The molecule has 0 bridgehead atoms. The van der Waals surface area contributed by atoms with Gasteiger partial charge in [0.1, 0.15) is 5.69 Å². The standard InChI is InChI=1S/C8H8N2O2.ClH/c11-6-1-3-10-4-2-9-8(12)7(10)5-6;/h1,3,5H,2,4H2,(H,9,12);1H. The van der Waals surface area contributed by atoms with Crippen LogP contribution < -0.4 is 10.7 Å². The van der Waals surface area contributed by atoms with Gasteiger partial charge in [-0.2, -0.15) is 0 Å². The highest BCUT2D eigenvalue weighted by Gasteiger charge is 2.14. The number of hydrogen-bond donors (Lipinski definition) is 1. The summed E-state index contributed by atoms with van der Waals surface area (Å²) in [6.07, 6.45) is 1.65. The molecule has 2 rings (SSSR count). The Morgan fingerprint density at radius 1 is 1.38 bits per heavy atom. The maximum atomic E-state index is 11.2. The third kappa shape index (κ3) is 1.72. The number of aromatic nitrogens is 1. The molecule has 0 saturated heterocycles. The molecule has 1 N–H and O–H groups in total. The fourth-order valence-corrected chi connectivity index (χ4v) is 1.28. The highest BCUT2D eigenvalue weighted by atomic mass is 35.5. The van der Waals surface area contributed by atoms with E-state index in [4.69, 9.17) is 0 Å². The van der Waals surface area contributed by atoms with E-state index in [0.29, 0.717) is 12.2 Å². The summed E-state index contributed by atoms with van der Waals surface area (Å²) in [5.41, 5.74) is 0.326. The predicted octanol–water partition coefficient (Wildman–Crippen LogP) is 0.0135. The molecule has 4 nitrogen and oxygen atoms in total. The fourth-order valence-electron chi connectivity index (χ4n) is 1.28. The van der Waals surface area contributed by atoms with Crippen LogP contribution in [0.5, 0.6) is 0 Å². The van der Waals surface area contributed by atoms with Crippen molar-refractivity contribution >= 4 is 18.3 Å². The highest BCUT2D eigenvalue weighted by Crippen LogP contribution is 2.00. The van der Waals surface area contributed by atoms with Crippen molar-refractivity contribution in [3.05, 3.63) is 34.2 Å². The van der Waals surface area contributed by atoms with Crippen molar-refractivity contribution in [1.29, 1.82) is 0 Å². The maximum absolute atomic E-state index is 11.2. The minimum Gasteiger partial charge on any atom is -0.349 e. The van der Waals surface area contributed by atoms with Crippen LogP contribution in [0.4, 0.5) is 0 Å². The zero-order valence-electron chi connectivity index (χ0n) is 6.82. The quantitative estimate of drug-likeness (QED) is 0.642. The molecule has 0 spiro atoms. The molecule has 13 heavy (non-hydrogen) atoms. The average molecular weight is 201 g/mol. The molecule has 0 saturated carbocycles. The number of nitrogens with zero attached hydrogens (tertiary/aromatic N) is 1. The van der Waals surface area contributed by atoms with E-state index in [2.05, 4.69) is 5.32 Å². The number of carbonyl (C=O) groups is 1. The molecule has 0 atom stereocenters. The summed E-state index contributed by atoms with van der Waals surface area (Å²) in [7, 11) is 0. The van der Waals surface area contributed by atoms with Crippen LogP contribution in [0.1, 0.15) is 10.5 Å². The molecule has 2 heterocycles. The van der Waals surface area contributed by atoms with Gasteiger partial charge in [0.05, 0.1) is 0 Å². The molecule has 0 aliphatic carbocycles. The smallest absolute Gasteiger partial charge is 0.268 e. The topological polar surface area (TPSA) is 51.1 Å². The lowest BCUT2D eigenvalue weighted by molar-refractivity contribution is 0.0926. The van der Waals surface area contributed by atoms with Gasteiger partial charge in [0, 0.05) is 31.4 Å². The monoisotopic (exact) mass is 200 g/mol. The van der Waals surface area contributed by atoms with Crippen molar-refractivity contribution < 1.29 is 4.79 Å². The third-order valence-electron chi connectivity index (χ3n) is 1.88. The lowest BCUT2D eigenvalue weighted by Gasteiger charge is -2.18. The number of amides is 1. The number of hydrogen-bond acceptors (Lipinski definition) is 2. The Kier molecular flexibility index (Phi) is 2.72. The first-order chi connectivity index (χ1) is 5.77. The second-order valence-corrected chi connectivity index (χ2v) is 2.70. The summed E-state index contributed by atoms with van der Waals surface area (Å²) in [5, 5.41) is 2.67. The highest BCUT2D eigenvalue weighted by molar-refractivity contribution is 5.93. The molecule has 1 aromatic heterocycles. The van der Waals surface area contributed by atoms with Crippen LogP contribution in [-0.4, -0.2) is 17.0 Å². The minimum atomic E-state index is -0.168. The zero-order chi connectivity index (χ0) is 8.55. The van der Waals surface area contributed by atoms with Gasteiger partial charge < -0.3 is 9.88 Å². The van der Waals surface area contributed by atoms with Crippen LogP contribution in [0.15, 0.2) is 23.1 Å². The number of rotatable bonds is 0. The number of nitrogens with one attached hydrogen (secondary N) is 1. The van der Waals surface area contributed by atoms with Gasteiger partial charge >= 0.3 is 0 Å². The lowest BCUT2D eigenvalue weighted by atomic mass is 10.2. The summed E-state index contributed by atoms with van der Waals surface area (Å²) in [6.45, 7) is 1.37. The molecule has 5 heteroatoms. The summed E-state index contributed by atoms with van der Waals surface area (Å²) < 4.78 is 1.78. The van der Waals surface area contributed by atoms with E-state index < -0.39 is 0 Å². The Labute approximate surface area is 81.0 Å². The molecular formula is C8H9ClN2O2. The second kappa shape index (κ2) is 3.62. The number of pyridine rings is 1. The number of fused-ring (bicyclic) bond motifs is 1. The normalized spacial score (nSPS) is 14.0. The molecule has 1 aliphatic rings. The summed E-state index contributed by atoms with van der Waals surface area (Å²) in [4.78, 5) is 22.1. The molecule has 1 aliphatic heterocycles. The van der Waals surface area contributed by atoms with E-state index >= 15 is 0 Å². The van der Waals surface area contributed by atoms with E-state index in [9.17, 15) is 9.59 Å². The van der Waals surface area contributed by atoms with Crippen LogP contribution in [0.25, 0.3) is 0 Å². The van der Waals surface area contributed by atoms with Gasteiger partial charge in [-0.15, -0.1) is 12.4 Å². The summed E-state index contributed by atoms with van der Waals surface area (Å²) in [6, 6.07) is 2.82. The maximum Gasteiger partial charge on any atom is 0.268 e. The van der Waals surface area contributed by atoms with Crippen molar-refractivity contribution in [1.82, 2.24) is 9.88 Å². The van der Waals surface area contributed by atoms with Gasteiger partial charge in [-0.25, -0.2) is 0 Å². The number of carbonyl (C=O) groups excluding carboxylic acids is 1. The van der Waals surface area contributed by atoms with Crippen molar-refractivity contribution in [2.75, 3.05) is 6.54 Å². The fraction of sp³-hybridized carbons (Fsp3) is 0.250. The Morgan fingerprint density at radius 3 is 2.92 bits per heavy atom. The van der Waals surface area contributed by atoms with Crippen molar-refractivity contribution in [2.24, 2.45) is 0 Å². The predicted molar refractivity (Wildman–Crippen MR) is 50.3 cm³/mol. The van der Waals surface area contributed by atoms with E-state index in [1.807, 2.05) is 0 Å². The van der Waals surface area contributed by atoms with Gasteiger partial charge in [0.25, 0.3) is 5.91 Å². The molecular weight excluding hydrogens is 192 g/mol. The molecule has 1 amide bonds.